The average Bonchev–Trinajstić information content (AvgIpc) is 2.14. The van der Waals surface area contributed by atoms with Crippen LogP contribution in [0.2, 0.25) is 0 Å². The summed E-state index contributed by atoms with van der Waals surface area (Å²) in [6.45, 7) is 7.17. The maximum Gasteiger partial charge on any atom is 0.0169 e. The fourth-order valence-electron chi connectivity index (χ4n) is 3.47. The maximum absolute atomic E-state index is 3.63. The van der Waals surface area contributed by atoms with Crippen LogP contribution in [0.25, 0.3) is 0 Å². The van der Waals surface area contributed by atoms with Gasteiger partial charge in [-0.05, 0) is 26.7 Å². The van der Waals surface area contributed by atoms with Crippen LogP contribution in [0.5, 0.6) is 0 Å². The molecule has 1 aliphatic heterocycles. The van der Waals surface area contributed by atoms with Crippen molar-refractivity contribution >= 4 is 0 Å². The van der Waals surface area contributed by atoms with Crippen LogP contribution in [0.4, 0.5) is 0 Å². The van der Waals surface area contributed by atoms with Gasteiger partial charge in [0.2, 0.25) is 0 Å². The van der Waals surface area contributed by atoms with E-state index in [2.05, 4.69) is 24.1 Å². The lowest BCUT2D eigenvalue weighted by molar-refractivity contribution is 0.105. The van der Waals surface area contributed by atoms with Gasteiger partial charge in [0, 0.05) is 31.2 Å². The van der Waals surface area contributed by atoms with Crippen molar-refractivity contribution < 1.29 is 0 Å². The standard InChI is InChI=1S/C14H28N2/c1-12-10-16(11-13(2)15-12)14-8-6-4-3-5-7-9-14/h12-15H,3-11H2,1-2H3. The summed E-state index contributed by atoms with van der Waals surface area (Å²) in [7, 11) is 0. The smallest absolute Gasteiger partial charge is 0.0169 e. The molecule has 2 heteroatoms. The van der Waals surface area contributed by atoms with E-state index >= 15 is 0 Å². The average molecular weight is 224 g/mol. The van der Waals surface area contributed by atoms with E-state index in [9.17, 15) is 0 Å². The molecule has 2 fully saturated rings. The third-order valence-electron chi connectivity index (χ3n) is 4.18. The quantitative estimate of drug-likeness (QED) is 0.737. The predicted octanol–water partition coefficient (Wildman–Crippen LogP) is 2.78. The second-order valence-electron chi connectivity index (χ2n) is 5.92. The van der Waals surface area contributed by atoms with Crippen LogP contribution in [-0.2, 0) is 0 Å². The maximum atomic E-state index is 3.63. The zero-order valence-electron chi connectivity index (χ0n) is 11.0. The molecule has 1 N–H and O–H groups in total. The van der Waals surface area contributed by atoms with E-state index in [1.54, 1.807) is 0 Å². The molecule has 1 aliphatic carbocycles. The first-order valence-electron chi connectivity index (χ1n) is 7.26. The van der Waals surface area contributed by atoms with Gasteiger partial charge >= 0.3 is 0 Å². The number of hydrogen-bond donors (Lipinski definition) is 1. The van der Waals surface area contributed by atoms with Crippen LogP contribution in [0.1, 0.15) is 58.8 Å². The summed E-state index contributed by atoms with van der Waals surface area (Å²) in [5.74, 6) is 0. The molecule has 0 bridgehead atoms. The second-order valence-corrected chi connectivity index (χ2v) is 5.92. The van der Waals surface area contributed by atoms with Gasteiger partial charge < -0.3 is 5.32 Å². The fraction of sp³-hybridized carbons (Fsp3) is 1.00. The van der Waals surface area contributed by atoms with Crippen LogP contribution < -0.4 is 5.32 Å². The largest absolute Gasteiger partial charge is 0.309 e. The topological polar surface area (TPSA) is 15.3 Å². The third-order valence-corrected chi connectivity index (χ3v) is 4.18. The van der Waals surface area contributed by atoms with E-state index in [1.165, 1.54) is 58.0 Å². The summed E-state index contributed by atoms with van der Waals surface area (Å²) in [4.78, 5) is 2.76. The second kappa shape index (κ2) is 6.02. The Morgan fingerprint density at radius 1 is 0.812 bits per heavy atom. The molecule has 2 nitrogen and oxygen atoms in total. The van der Waals surface area contributed by atoms with Crippen molar-refractivity contribution in [3.05, 3.63) is 0 Å². The van der Waals surface area contributed by atoms with Gasteiger partial charge in [-0.2, -0.15) is 0 Å². The van der Waals surface area contributed by atoms with Crippen LogP contribution >= 0.6 is 0 Å². The molecule has 0 radical (unpaired) electrons. The van der Waals surface area contributed by atoms with Gasteiger partial charge in [-0.1, -0.05) is 32.1 Å². The lowest BCUT2D eigenvalue weighted by Crippen LogP contribution is -2.57. The van der Waals surface area contributed by atoms with Gasteiger partial charge in [-0.3, -0.25) is 4.90 Å². The van der Waals surface area contributed by atoms with E-state index in [1.807, 2.05) is 0 Å². The first-order valence-corrected chi connectivity index (χ1v) is 7.26. The summed E-state index contributed by atoms with van der Waals surface area (Å²) < 4.78 is 0. The lowest BCUT2D eigenvalue weighted by Gasteiger charge is -2.41. The molecule has 94 valence electrons. The molecule has 0 aromatic heterocycles. The molecule has 16 heavy (non-hydrogen) atoms. The molecule has 0 amide bonds. The highest BCUT2D eigenvalue weighted by atomic mass is 15.2. The van der Waals surface area contributed by atoms with Gasteiger partial charge in [0.1, 0.15) is 0 Å². The van der Waals surface area contributed by atoms with Crippen molar-refractivity contribution in [3.63, 3.8) is 0 Å². The molecule has 2 atom stereocenters. The van der Waals surface area contributed by atoms with E-state index in [0.29, 0.717) is 12.1 Å². The van der Waals surface area contributed by atoms with Crippen molar-refractivity contribution in [1.82, 2.24) is 10.2 Å². The highest BCUT2D eigenvalue weighted by molar-refractivity contribution is 4.85. The van der Waals surface area contributed by atoms with Crippen LogP contribution in [0.3, 0.4) is 0 Å². The Bertz CT molecular complexity index is 187. The molecule has 0 aromatic carbocycles. The van der Waals surface area contributed by atoms with E-state index in [0.717, 1.165) is 6.04 Å². The lowest BCUT2D eigenvalue weighted by atomic mass is 9.94. The van der Waals surface area contributed by atoms with Gasteiger partial charge in [-0.15, -0.1) is 0 Å². The van der Waals surface area contributed by atoms with Crippen molar-refractivity contribution in [3.8, 4) is 0 Å². The highest BCUT2D eigenvalue weighted by Crippen LogP contribution is 2.23. The molecule has 1 saturated heterocycles. The van der Waals surface area contributed by atoms with Crippen LogP contribution in [0.15, 0.2) is 0 Å². The SMILES string of the molecule is CC1CN(C2CCCCCCC2)CC(C)N1. The first-order chi connectivity index (χ1) is 7.75. The van der Waals surface area contributed by atoms with Gasteiger partial charge in [0.05, 0.1) is 0 Å². The van der Waals surface area contributed by atoms with Crippen molar-refractivity contribution in [2.45, 2.75) is 76.9 Å². The summed E-state index contributed by atoms with van der Waals surface area (Å²) >= 11 is 0. The van der Waals surface area contributed by atoms with E-state index < -0.39 is 0 Å². The zero-order valence-corrected chi connectivity index (χ0v) is 11.0. The van der Waals surface area contributed by atoms with Crippen LogP contribution in [0, 0.1) is 0 Å². The Balaban J connectivity index is 1.88. The fourth-order valence-corrected chi connectivity index (χ4v) is 3.47. The molecule has 2 rings (SSSR count). The summed E-state index contributed by atoms with van der Waals surface area (Å²) in [6.07, 6.45) is 10.2. The highest BCUT2D eigenvalue weighted by Gasteiger charge is 2.26. The Morgan fingerprint density at radius 3 is 1.88 bits per heavy atom. The number of hydrogen-bond acceptors (Lipinski definition) is 2. The third kappa shape index (κ3) is 3.46. The number of rotatable bonds is 1. The Hall–Kier alpha value is -0.0800. The van der Waals surface area contributed by atoms with Gasteiger partial charge in [0.25, 0.3) is 0 Å². The van der Waals surface area contributed by atoms with Crippen molar-refractivity contribution in [2.24, 2.45) is 0 Å². The minimum atomic E-state index is 0.675. The molecule has 0 spiro atoms. The molecular formula is C14H28N2. The van der Waals surface area contributed by atoms with Gasteiger partial charge in [0.15, 0.2) is 0 Å². The summed E-state index contributed by atoms with van der Waals surface area (Å²) in [6, 6.07) is 2.23. The van der Waals surface area contributed by atoms with Crippen molar-refractivity contribution in [1.29, 1.82) is 0 Å². The number of piperazine rings is 1. The molecule has 1 heterocycles. The molecule has 0 aromatic rings. The molecule has 1 saturated carbocycles. The Labute approximate surface area is 101 Å². The Kier molecular flexibility index (Phi) is 4.66. The first kappa shape index (κ1) is 12.4. The van der Waals surface area contributed by atoms with Gasteiger partial charge in [-0.25, -0.2) is 0 Å². The van der Waals surface area contributed by atoms with E-state index in [-0.39, 0.29) is 0 Å². The summed E-state index contributed by atoms with van der Waals surface area (Å²) in [5.41, 5.74) is 0. The van der Waals surface area contributed by atoms with Crippen molar-refractivity contribution in [2.75, 3.05) is 13.1 Å². The summed E-state index contributed by atoms with van der Waals surface area (Å²) in [5, 5.41) is 3.63. The zero-order chi connectivity index (χ0) is 11.4. The minimum absolute atomic E-state index is 0.675. The van der Waals surface area contributed by atoms with E-state index in [4.69, 9.17) is 0 Å². The number of nitrogens with one attached hydrogen (secondary N) is 1. The number of nitrogens with zero attached hydrogens (tertiary/aromatic N) is 1. The normalized spacial score (nSPS) is 35.6. The van der Waals surface area contributed by atoms with Crippen LogP contribution in [-0.4, -0.2) is 36.1 Å². The molecular weight excluding hydrogens is 196 g/mol. The Morgan fingerprint density at radius 2 is 1.31 bits per heavy atom. The molecule has 2 unspecified atom stereocenters. The molecule has 2 aliphatic rings. The monoisotopic (exact) mass is 224 g/mol. The predicted molar refractivity (Wildman–Crippen MR) is 69.7 cm³/mol. The minimum Gasteiger partial charge on any atom is -0.309 e.